The molecule has 1 heterocycles. The second-order valence-corrected chi connectivity index (χ2v) is 5.79. The topological polar surface area (TPSA) is 117 Å². The average molecular weight is 393 g/mol. The predicted molar refractivity (Wildman–Crippen MR) is 97.1 cm³/mol. The molecule has 0 amide bonds. The molecule has 9 nitrogen and oxygen atoms in total. The molecule has 152 valence electrons. The standard InChI is InChI=1S/C19H23NO8/c1-5-26-16(22)14-19(17(23)27-6-2,18(24)28-7-3)15(21)11-9-8-10-12(25-4)13(11)20-14/h8-10,14,20H,5-7H2,1-4H3. The van der Waals surface area contributed by atoms with E-state index in [4.69, 9.17) is 18.9 Å². The van der Waals surface area contributed by atoms with Crippen LogP contribution in [0, 0.1) is 5.41 Å². The molecule has 0 radical (unpaired) electrons. The highest BCUT2D eigenvalue weighted by molar-refractivity contribution is 6.31. The first-order valence-electron chi connectivity index (χ1n) is 8.89. The number of esters is 3. The van der Waals surface area contributed by atoms with Gasteiger partial charge in [0.15, 0.2) is 11.8 Å². The Balaban J connectivity index is 2.78. The molecule has 1 aromatic carbocycles. The molecule has 9 heteroatoms. The van der Waals surface area contributed by atoms with Gasteiger partial charge in [0.05, 0.1) is 32.6 Å². The van der Waals surface area contributed by atoms with Gasteiger partial charge >= 0.3 is 17.9 Å². The van der Waals surface area contributed by atoms with E-state index in [1.807, 2.05) is 0 Å². The molecular weight excluding hydrogens is 370 g/mol. The Morgan fingerprint density at radius 2 is 1.57 bits per heavy atom. The van der Waals surface area contributed by atoms with E-state index in [9.17, 15) is 19.2 Å². The molecule has 0 saturated heterocycles. The highest BCUT2D eigenvalue weighted by Crippen LogP contribution is 2.43. The Morgan fingerprint density at radius 3 is 2.07 bits per heavy atom. The molecule has 0 saturated carbocycles. The van der Waals surface area contributed by atoms with E-state index in [1.54, 1.807) is 13.0 Å². The molecule has 1 aromatic rings. The van der Waals surface area contributed by atoms with Gasteiger partial charge in [0.1, 0.15) is 5.75 Å². The predicted octanol–water partition coefficient (Wildman–Crippen LogP) is 1.35. The first kappa shape index (κ1) is 21.2. The summed E-state index contributed by atoms with van der Waals surface area (Å²) in [7, 11) is 1.39. The molecule has 1 unspecified atom stereocenters. The maximum Gasteiger partial charge on any atom is 0.334 e. The van der Waals surface area contributed by atoms with Crippen LogP contribution in [0.5, 0.6) is 5.75 Å². The lowest BCUT2D eigenvalue weighted by Gasteiger charge is -2.38. The van der Waals surface area contributed by atoms with Crippen molar-refractivity contribution in [2.24, 2.45) is 5.41 Å². The molecule has 28 heavy (non-hydrogen) atoms. The number of rotatable bonds is 7. The number of fused-ring (bicyclic) bond motifs is 1. The van der Waals surface area contributed by atoms with Gasteiger partial charge < -0.3 is 24.3 Å². The zero-order chi connectivity index (χ0) is 20.9. The second kappa shape index (κ2) is 8.73. The van der Waals surface area contributed by atoms with Crippen molar-refractivity contribution in [3.8, 4) is 5.75 Å². The fourth-order valence-corrected chi connectivity index (χ4v) is 3.09. The first-order valence-corrected chi connectivity index (χ1v) is 8.89. The molecule has 1 atom stereocenters. The van der Waals surface area contributed by atoms with E-state index in [0.717, 1.165) is 0 Å². The Bertz CT molecular complexity index is 770. The minimum absolute atomic E-state index is 0.000930. The van der Waals surface area contributed by atoms with Gasteiger partial charge in [-0.05, 0) is 32.9 Å². The number of carbonyl (C=O) groups excluding carboxylic acids is 4. The third-order valence-electron chi connectivity index (χ3n) is 4.29. The zero-order valence-electron chi connectivity index (χ0n) is 16.2. The zero-order valence-corrected chi connectivity index (χ0v) is 16.2. The molecule has 1 aliphatic rings. The van der Waals surface area contributed by atoms with Crippen LogP contribution in [-0.2, 0) is 28.6 Å². The van der Waals surface area contributed by atoms with Crippen molar-refractivity contribution in [3.63, 3.8) is 0 Å². The van der Waals surface area contributed by atoms with Gasteiger partial charge in [0.25, 0.3) is 5.41 Å². The molecule has 2 rings (SSSR count). The molecule has 0 spiro atoms. The lowest BCUT2D eigenvalue weighted by molar-refractivity contribution is -0.173. The molecule has 1 N–H and O–H groups in total. The average Bonchev–Trinajstić information content (AvgIpc) is 2.68. The lowest BCUT2D eigenvalue weighted by Crippen LogP contribution is -2.64. The van der Waals surface area contributed by atoms with Crippen LogP contribution in [0.15, 0.2) is 18.2 Å². The largest absolute Gasteiger partial charge is 0.495 e. The molecule has 0 aliphatic carbocycles. The number of ketones is 1. The van der Waals surface area contributed by atoms with Gasteiger partial charge in [-0.25, -0.2) is 4.79 Å². The van der Waals surface area contributed by atoms with E-state index in [1.165, 1.54) is 33.1 Å². The number of hydrogen-bond acceptors (Lipinski definition) is 9. The number of anilines is 1. The van der Waals surface area contributed by atoms with Gasteiger partial charge in [-0.15, -0.1) is 0 Å². The van der Waals surface area contributed by atoms with Gasteiger partial charge in [-0.3, -0.25) is 14.4 Å². The molecule has 0 bridgehead atoms. The van der Waals surface area contributed by atoms with Gasteiger partial charge in [-0.2, -0.15) is 0 Å². The highest BCUT2D eigenvalue weighted by atomic mass is 16.6. The summed E-state index contributed by atoms with van der Waals surface area (Å²) in [4.78, 5) is 52.0. The number of hydrogen-bond donors (Lipinski definition) is 1. The molecule has 0 aromatic heterocycles. The van der Waals surface area contributed by atoms with Gasteiger partial charge in [0.2, 0.25) is 0 Å². The number of nitrogens with one attached hydrogen (secondary N) is 1. The normalized spacial score (nSPS) is 17.0. The molecule has 0 fully saturated rings. The number of benzene rings is 1. The van der Waals surface area contributed by atoms with E-state index in [2.05, 4.69) is 5.32 Å². The van der Waals surface area contributed by atoms with Crippen LogP contribution in [0.4, 0.5) is 5.69 Å². The Kier molecular flexibility index (Phi) is 6.61. The van der Waals surface area contributed by atoms with Gasteiger partial charge in [-0.1, -0.05) is 6.07 Å². The second-order valence-electron chi connectivity index (χ2n) is 5.79. The Hall–Kier alpha value is -3.10. The van der Waals surface area contributed by atoms with Crippen LogP contribution in [0.1, 0.15) is 31.1 Å². The van der Waals surface area contributed by atoms with Crippen LogP contribution in [-0.4, -0.2) is 56.7 Å². The Morgan fingerprint density at radius 1 is 1.00 bits per heavy atom. The van der Waals surface area contributed by atoms with Crippen LogP contribution in [0.25, 0.3) is 0 Å². The van der Waals surface area contributed by atoms with Crippen molar-refractivity contribution in [1.82, 2.24) is 0 Å². The summed E-state index contributed by atoms with van der Waals surface area (Å²) in [5.41, 5.74) is -2.39. The fourth-order valence-electron chi connectivity index (χ4n) is 3.09. The van der Waals surface area contributed by atoms with E-state index in [-0.39, 0.29) is 36.8 Å². The quantitative estimate of drug-likeness (QED) is 0.416. The summed E-state index contributed by atoms with van der Waals surface area (Å²) < 4.78 is 20.3. The molecular formula is C19H23NO8. The summed E-state index contributed by atoms with van der Waals surface area (Å²) in [6.07, 6.45) is 0. The van der Waals surface area contributed by atoms with E-state index < -0.39 is 35.1 Å². The maximum absolute atomic E-state index is 13.5. The number of methoxy groups -OCH3 is 1. The fraction of sp³-hybridized carbons (Fsp3) is 0.474. The summed E-state index contributed by atoms with van der Waals surface area (Å²) in [5.74, 6) is -3.99. The number of carbonyl (C=O) groups is 4. The minimum atomic E-state index is -2.57. The summed E-state index contributed by atoms with van der Waals surface area (Å²) in [6.45, 7) is 4.38. The van der Waals surface area contributed by atoms with Crippen molar-refractivity contribution >= 4 is 29.4 Å². The lowest BCUT2D eigenvalue weighted by atomic mass is 9.70. The van der Waals surface area contributed by atoms with Crippen molar-refractivity contribution in [1.29, 1.82) is 0 Å². The van der Waals surface area contributed by atoms with Crippen LogP contribution >= 0.6 is 0 Å². The maximum atomic E-state index is 13.5. The van der Waals surface area contributed by atoms with Crippen molar-refractivity contribution < 1.29 is 38.1 Å². The first-order chi connectivity index (χ1) is 13.4. The van der Waals surface area contributed by atoms with Crippen molar-refractivity contribution in [2.75, 3.05) is 32.2 Å². The van der Waals surface area contributed by atoms with Crippen molar-refractivity contribution in [2.45, 2.75) is 26.8 Å². The summed E-state index contributed by atoms with van der Waals surface area (Å²) in [6, 6.07) is 2.84. The summed E-state index contributed by atoms with van der Waals surface area (Å²) >= 11 is 0. The molecule has 1 aliphatic heterocycles. The van der Waals surface area contributed by atoms with E-state index in [0.29, 0.717) is 0 Å². The monoisotopic (exact) mass is 393 g/mol. The number of para-hydroxylation sites is 1. The Labute approximate surface area is 162 Å². The number of Topliss-reactive ketones (excluding diaryl/α,β-unsaturated/α-hetero) is 1. The smallest absolute Gasteiger partial charge is 0.334 e. The minimum Gasteiger partial charge on any atom is -0.495 e. The van der Waals surface area contributed by atoms with E-state index >= 15 is 0 Å². The van der Waals surface area contributed by atoms with Crippen molar-refractivity contribution in [3.05, 3.63) is 23.8 Å². The van der Waals surface area contributed by atoms with Crippen LogP contribution in [0.3, 0.4) is 0 Å². The highest BCUT2D eigenvalue weighted by Gasteiger charge is 2.67. The third-order valence-corrected chi connectivity index (χ3v) is 4.29. The summed E-state index contributed by atoms with van der Waals surface area (Å²) in [5, 5.41) is 2.78. The third kappa shape index (κ3) is 3.28. The number of ether oxygens (including phenoxy) is 4. The SMILES string of the molecule is CCOC(=O)C1Nc2c(OC)cccc2C(=O)C1(C(=O)OCC)C(=O)OCC. The van der Waals surface area contributed by atoms with Crippen LogP contribution < -0.4 is 10.1 Å². The van der Waals surface area contributed by atoms with Gasteiger partial charge in [0, 0.05) is 5.56 Å². The van der Waals surface area contributed by atoms with Crippen LogP contribution in [0.2, 0.25) is 0 Å².